The summed E-state index contributed by atoms with van der Waals surface area (Å²) in [5, 5.41) is 19.9. The van der Waals surface area contributed by atoms with Gasteiger partial charge in [-0.3, -0.25) is 9.52 Å². The Bertz CT molecular complexity index is 1380. The number of nitrogens with one attached hydrogen (secondary N) is 2. The molecule has 0 unspecified atom stereocenters. The second-order valence-electron chi connectivity index (χ2n) is 6.10. The summed E-state index contributed by atoms with van der Waals surface area (Å²) in [6.45, 7) is 0. The molecule has 0 aliphatic rings. The molecular weight excluding hydrogens is 492 g/mol. The summed E-state index contributed by atoms with van der Waals surface area (Å²) in [4.78, 5) is 15.4. The lowest BCUT2D eigenvalue weighted by Crippen LogP contribution is -2.14. The van der Waals surface area contributed by atoms with Crippen LogP contribution in [0.4, 0.5) is 11.4 Å². The van der Waals surface area contributed by atoms with Crippen molar-refractivity contribution in [1.29, 1.82) is 0 Å². The fourth-order valence-electron chi connectivity index (χ4n) is 2.76. The standard InChI is InChI=1S/C19H13BrN4O4S2/c20-11-7-8-14-13(10-11)17(19(26)21-14)22-23-18(25)12-4-1-2-5-15(12)24-30(27,28)16-6-3-9-29-16/h1-10,21,24,26H. The third kappa shape index (κ3) is 3.99. The highest BCUT2D eigenvalue weighted by molar-refractivity contribution is 9.10. The highest BCUT2D eigenvalue weighted by Gasteiger charge is 2.19. The monoisotopic (exact) mass is 504 g/mol. The van der Waals surface area contributed by atoms with Crippen molar-refractivity contribution >= 4 is 65.5 Å². The Hall–Kier alpha value is -3.02. The van der Waals surface area contributed by atoms with Gasteiger partial charge >= 0.3 is 0 Å². The number of hydrogen-bond donors (Lipinski definition) is 3. The zero-order valence-electron chi connectivity index (χ0n) is 15.0. The Kier molecular flexibility index (Phi) is 5.41. The Morgan fingerprint density at radius 3 is 2.70 bits per heavy atom. The average molecular weight is 505 g/mol. The molecule has 1 amide bonds. The summed E-state index contributed by atoms with van der Waals surface area (Å²) in [7, 11) is -3.83. The summed E-state index contributed by atoms with van der Waals surface area (Å²) in [6.07, 6.45) is 0. The number of azo groups is 1. The molecule has 30 heavy (non-hydrogen) atoms. The Labute approximate surface area is 183 Å². The number of carbonyl (C=O) groups excluding carboxylic acids is 1. The maximum Gasteiger partial charge on any atom is 0.297 e. The van der Waals surface area contributed by atoms with Crippen molar-refractivity contribution in [3.8, 4) is 5.88 Å². The van der Waals surface area contributed by atoms with Crippen LogP contribution in [0, 0.1) is 0 Å². The van der Waals surface area contributed by atoms with Gasteiger partial charge in [-0.15, -0.1) is 21.6 Å². The number of H-pyrrole nitrogens is 1. The zero-order valence-corrected chi connectivity index (χ0v) is 18.3. The van der Waals surface area contributed by atoms with E-state index < -0.39 is 15.9 Å². The minimum absolute atomic E-state index is 0.0295. The van der Waals surface area contributed by atoms with E-state index >= 15 is 0 Å². The molecule has 0 bridgehead atoms. The molecule has 152 valence electrons. The van der Waals surface area contributed by atoms with Gasteiger partial charge in [-0.1, -0.05) is 34.1 Å². The number of halogens is 1. The van der Waals surface area contributed by atoms with Gasteiger partial charge in [0, 0.05) is 9.86 Å². The highest BCUT2D eigenvalue weighted by atomic mass is 79.9. The molecule has 0 saturated carbocycles. The number of anilines is 1. The van der Waals surface area contributed by atoms with Crippen LogP contribution in [0.5, 0.6) is 5.88 Å². The van der Waals surface area contributed by atoms with Gasteiger partial charge in [0.05, 0.1) is 16.8 Å². The van der Waals surface area contributed by atoms with E-state index in [1.807, 2.05) is 0 Å². The number of aromatic amines is 1. The number of rotatable bonds is 5. The number of nitrogens with zero attached hydrogens (tertiary/aromatic N) is 2. The summed E-state index contributed by atoms with van der Waals surface area (Å²) >= 11 is 4.41. The number of aromatic nitrogens is 1. The first kappa shape index (κ1) is 20.3. The molecule has 0 spiro atoms. The minimum Gasteiger partial charge on any atom is -0.493 e. The minimum atomic E-state index is -3.83. The van der Waals surface area contributed by atoms with Gasteiger partial charge in [0.25, 0.3) is 15.9 Å². The van der Waals surface area contributed by atoms with Crippen molar-refractivity contribution in [2.45, 2.75) is 4.21 Å². The first-order chi connectivity index (χ1) is 14.3. The molecular formula is C19H13BrN4O4S2. The van der Waals surface area contributed by atoms with Crippen LogP contribution >= 0.6 is 27.3 Å². The van der Waals surface area contributed by atoms with Crippen LogP contribution in [-0.4, -0.2) is 24.4 Å². The maximum atomic E-state index is 12.7. The largest absolute Gasteiger partial charge is 0.493 e. The second-order valence-corrected chi connectivity index (χ2v) is 9.87. The number of carbonyl (C=O) groups is 1. The van der Waals surface area contributed by atoms with Crippen LogP contribution in [-0.2, 0) is 10.0 Å². The van der Waals surface area contributed by atoms with Crippen LogP contribution in [0.3, 0.4) is 0 Å². The van der Waals surface area contributed by atoms with E-state index in [1.54, 1.807) is 41.8 Å². The van der Waals surface area contributed by atoms with Crippen molar-refractivity contribution in [3.05, 3.63) is 70.0 Å². The Morgan fingerprint density at radius 1 is 1.13 bits per heavy atom. The van der Waals surface area contributed by atoms with Gasteiger partial charge in [0.2, 0.25) is 5.88 Å². The molecule has 8 nitrogen and oxygen atoms in total. The van der Waals surface area contributed by atoms with E-state index in [0.29, 0.717) is 10.9 Å². The molecule has 11 heteroatoms. The lowest BCUT2D eigenvalue weighted by Gasteiger charge is -2.09. The Balaban J connectivity index is 1.66. The van der Waals surface area contributed by atoms with Crippen LogP contribution in [0.25, 0.3) is 10.9 Å². The number of amides is 1. The molecule has 0 saturated heterocycles. The predicted molar refractivity (Wildman–Crippen MR) is 118 cm³/mol. The zero-order chi connectivity index (χ0) is 21.3. The predicted octanol–water partition coefficient (Wildman–Crippen LogP) is 5.42. The quantitative estimate of drug-likeness (QED) is 0.313. The van der Waals surface area contributed by atoms with Crippen molar-refractivity contribution < 1.29 is 18.3 Å². The normalized spacial score (nSPS) is 11.9. The van der Waals surface area contributed by atoms with Crippen LogP contribution in [0.15, 0.2) is 78.9 Å². The van der Waals surface area contributed by atoms with E-state index in [2.05, 4.69) is 35.9 Å². The SMILES string of the molecule is O=C(N=Nc1c(O)[nH]c2ccc(Br)cc12)c1ccccc1NS(=O)(=O)c1cccs1. The molecule has 0 radical (unpaired) electrons. The third-order valence-corrected chi connectivity index (χ3v) is 7.37. The smallest absolute Gasteiger partial charge is 0.297 e. The topological polar surface area (TPSA) is 124 Å². The third-order valence-electron chi connectivity index (χ3n) is 4.12. The van der Waals surface area contributed by atoms with Crippen molar-refractivity contribution in [3.63, 3.8) is 0 Å². The molecule has 0 fully saturated rings. The first-order valence-corrected chi connectivity index (χ1v) is 11.6. The number of hydrogen-bond acceptors (Lipinski definition) is 6. The molecule has 2 aromatic carbocycles. The number of para-hydroxylation sites is 1. The highest BCUT2D eigenvalue weighted by Crippen LogP contribution is 2.37. The van der Waals surface area contributed by atoms with Crippen LogP contribution in [0.1, 0.15) is 10.4 Å². The van der Waals surface area contributed by atoms with E-state index in [4.69, 9.17) is 0 Å². The summed E-state index contributed by atoms with van der Waals surface area (Å²) in [6, 6.07) is 14.5. The van der Waals surface area contributed by atoms with Crippen molar-refractivity contribution in [2.75, 3.05) is 4.72 Å². The lowest BCUT2D eigenvalue weighted by atomic mass is 10.2. The molecule has 0 aliphatic heterocycles. The van der Waals surface area contributed by atoms with Gasteiger partial charge in [-0.25, -0.2) is 8.42 Å². The molecule has 0 aliphatic carbocycles. The number of benzene rings is 2. The first-order valence-electron chi connectivity index (χ1n) is 8.47. The van der Waals surface area contributed by atoms with E-state index in [0.717, 1.165) is 15.8 Å². The Morgan fingerprint density at radius 2 is 1.93 bits per heavy atom. The van der Waals surface area contributed by atoms with Gasteiger partial charge in [-0.2, -0.15) is 0 Å². The van der Waals surface area contributed by atoms with E-state index in [1.165, 1.54) is 18.2 Å². The number of aromatic hydroxyl groups is 1. The van der Waals surface area contributed by atoms with E-state index in [9.17, 15) is 18.3 Å². The summed E-state index contributed by atoms with van der Waals surface area (Å²) < 4.78 is 28.3. The molecule has 0 atom stereocenters. The lowest BCUT2D eigenvalue weighted by molar-refractivity contribution is 0.0996. The van der Waals surface area contributed by atoms with Crippen LogP contribution in [0.2, 0.25) is 0 Å². The molecule has 4 aromatic rings. The molecule has 2 heterocycles. The number of sulfonamides is 1. The maximum absolute atomic E-state index is 12.7. The summed E-state index contributed by atoms with van der Waals surface area (Å²) in [5.74, 6) is -0.991. The average Bonchev–Trinajstić information content (AvgIpc) is 3.35. The fourth-order valence-corrected chi connectivity index (χ4v) is 5.19. The number of thiophene rings is 1. The van der Waals surface area contributed by atoms with E-state index in [-0.39, 0.29) is 27.0 Å². The molecule has 2 aromatic heterocycles. The van der Waals surface area contributed by atoms with Crippen molar-refractivity contribution in [1.82, 2.24) is 4.98 Å². The van der Waals surface area contributed by atoms with Crippen LogP contribution < -0.4 is 4.72 Å². The fraction of sp³-hybridized carbons (Fsp3) is 0. The summed E-state index contributed by atoms with van der Waals surface area (Å²) in [5.41, 5.74) is 0.847. The number of fused-ring (bicyclic) bond motifs is 1. The van der Waals surface area contributed by atoms with Gasteiger partial charge < -0.3 is 10.1 Å². The van der Waals surface area contributed by atoms with Gasteiger partial charge in [0.1, 0.15) is 4.21 Å². The van der Waals surface area contributed by atoms with Gasteiger partial charge in [0.15, 0.2) is 5.69 Å². The second kappa shape index (κ2) is 8.01. The van der Waals surface area contributed by atoms with Gasteiger partial charge in [-0.05, 0) is 41.8 Å². The van der Waals surface area contributed by atoms with Crippen molar-refractivity contribution in [2.24, 2.45) is 10.2 Å². The molecule has 4 rings (SSSR count). The molecule has 3 N–H and O–H groups in total.